The number of likely N-dealkylation sites (tertiary alicyclic amines) is 1. The van der Waals surface area contributed by atoms with E-state index in [0.717, 1.165) is 43.7 Å². The average Bonchev–Trinajstić information content (AvgIpc) is 3.17. The molecule has 0 radical (unpaired) electrons. The number of hydrogen-bond donors (Lipinski definition) is 2. The second-order valence-corrected chi connectivity index (χ2v) is 8.61. The smallest absolute Gasteiger partial charge is 0.303 e. The molecule has 0 amide bonds. The molecule has 0 aliphatic carbocycles. The van der Waals surface area contributed by atoms with E-state index in [1.807, 2.05) is 17.5 Å². The van der Waals surface area contributed by atoms with Crippen LogP contribution >= 0.6 is 11.3 Å². The van der Waals surface area contributed by atoms with Gasteiger partial charge in [-0.05, 0) is 42.7 Å². The maximum absolute atomic E-state index is 11.3. The van der Waals surface area contributed by atoms with Crippen LogP contribution in [0.3, 0.4) is 0 Å². The lowest BCUT2D eigenvalue weighted by Crippen LogP contribution is -2.45. The van der Waals surface area contributed by atoms with Crippen molar-refractivity contribution in [1.82, 2.24) is 9.88 Å². The molecule has 3 rings (SSSR count). The molecule has 0 spiro atoms. The Morgan fingerprint density at radius 3 is 2.71 bits per heavy atom. The number of carboxylic acids is 1. The van der Waals surface area contributed by atoms with E-state index in [-0.39, 0.29) is 12.3 Å². The minimum Gasteiger partial charge on any atom is -0.481 e. The van der Waals surface area contributed by atoms with Crippen LogP contribution in [0.15, 0.2) is 35.2 Å². The lowest BCUT2D eigenvalue weighted by molar-refractivity contribution is -0.138. The number of aryl methyl sites for hydroxylation is 1. The molecule has 2 heterocycles. The van der Waals surface area contributed by atoms with Crippen molar-refractivity contribution in [1.29, 1.82) is 0 Å². The van der Waals surface area contributed by atoms with Crippen LogP contribution in [-0.2, 0) is 23.2 Å². The van der Waals surface area contributed by atoms with Gasteiger partial charge in [0.2, 0.25) is 0 Å². The monoisotopic (exact) mass is 402 g/mol. The summed E-state index contributed by atoms with van der Waals surface area (Å²) < 4.78 is 0. The number of benzene rings is 1. The van der Waals surface area contributed by atoms with Crippen LogP contribution in [0.1, 0.15) is 49.4 Å². The molecule has 5 nitrogen and oxygen atoms in total. The third-order valence-corrected chi connectivity index (χ3v) is 6.32. The van der Waals surface area contributed by atoms with E-state index < -0.39 is 11.6 Å². The first-order valence-corrected chi connectivity index (χ1v) is 11.1. The first-order chi connectivity index (χ1) is 13.5. The fraction of sp³-hybridized carbons (Fsp3) is 0.545. The maximum Gasteiger partial charge on any atom is 0.303 e. The van der Waals surface area contributed by atoms with Crippen molar-refractivity contribution in [2.24, 2.45) is 5.92 Å². The van der Waals surface area contributed by atoms with Gasteiger partial charge in [-0.25, -0.2) is 4.98 Å². The van der Waals surface area contributed by atoms with Gasteiger partial charge in [-0.2, -0.15) is 0 Å². The number of aliphatic hydroxyl groups is 1. The summed E-state index contributed by atoms with van der Waals surface area (Å²) in [5, 5.41) is 22.6. The standard InChI is InChI=1S/C22H30N2O3S/c1-2-5-18-6-3-4-7-20(18)22(27)8-10-24(11-9-22)14-17(13-21(25)26)12-19-15-28-16-23-19/h3-4,6-7,15-17,27H,2,5,8-14H2,1H3,(H,25,26). The minimum atomic E-state index is -0.778. The molecular weight excluding hydrogens is 372 g/mol. The van der Waals surface area contributed by atoms with E-state index in [4.69, 9.17) is 0 Å². The van der Waals surface area contributed by atoms with Crippen LogP contribution in [0.2, 0.25) is 0 Å². The summed E-state index contributed by atoms with van der Waals surface area (Å²) in [7, 11) is 0. The van der Waals surface area contributed by atoms with Crippen LogP contribution in [-0.4, -0.2) is 45.7 Å². The molecular formula is C22H30N2O3S. The fourth-order valence-electron chi connectivity index (χ4n) is 4.28. The Kier molecular flexibility index (Phi) is 7.21. The zero-order chi connectivity index (χ0) is 20.0. The summed E-state index contributed by atoms with van der Waals surface area (Å²) in [6.45, 7) is 4.46. The van der Waals surface area contributed by atoms with Gasteiger partial charge < -0.3 is 15.1 Å². The third kappa shape index (κ3) is 5.40. The number of aliphatic carboxylic acids is 1. The molecule has 6 heteroatoms. The predicted octanol–water partition coefficient (Wildman–Crippen LogP) is 3.71. The summed E-state index contributed by atoms with van der Waals surface area (Å²) in [4.78, 5) is 17.9. The zero-order valence-electron chi connectivity index (χ0n) is 16.5. The Morgan fingerprint density at radius 2 is 2.07 bits per heavy atom. The van der Waals surface area contributed by atoms with Crippen molar-refractivity contribution in [3.63, 3.8) is 0 Å². The molecule has 1 aliphatic rings. The summed E-state index contributed by atoms with van der Waals surface area (Å²) in [5.41, 5.74) is 4.30. The average molecular weight is 403 g/mol. The molecule has 1 aromatic carbocycles. The number of hydrogen-bond acceptors (Lipinski definition) is 5. The second-order valence-electron chi connectivity index (χ2n) is 7.89. The fourth-order valence-corrected chi connectivity index (χ4v) is 4.86. The van der Waals surface area contributed by atoms with Gasteiger partial charge in [0.05, 0.1) is 16.8 Å². The van der Waals surface area contributed by atoms with Gasteiger partial charge in [0.1, 0.15) is 0 Å². The van der Waals surface area contributed by atoms with Crippen molar-refractivity contribution in [2.75, 3.05) is 19.6 Å². The lowest BCUT2D eigenvalue weighted by atomic mass is 9.81. The quantitative estimate of drug-likeness (QED) is 0.669. The van der Waals surface area contributed by atoms with Crippen molar-refractivity contribution in [3.05, 3.63) is 52.0 Å². The largest absolute Gasteiger partial charge is 0.481 e. The Balaban J connectivity index is 1.62. The molecule has 2 N–H and O–H groups in total. The topological polar surface area (TPSA) is 73.7 Å². The van der Waals surface area contributed by atoms with Gasteiger partial charge in [-0.15, -0.1) is 11.3 Å². The van der Waals surface area contributed by atoms with E-state index >= 15 is 0 Å². The van der Waals surface area contributed by atoms with Crippen LogP contribution in [0, 0.1) is 5.92 Å². The van der Waals surface area contributed by atoms with Gasteiger partial charge in [-0.3, -0.25) is 4.79 Å². The molecule has 2 aromatic rings. The minimum absolute atomic E-state index is 0.0400. The highest BCUT2D eigenvalue weighted by molar-refractivity contribution is 7.07. The van der Waals surface area contributed by atoms with Crippen LogP contribution in [0.25, 0.3) is 0 Å². The van der Waals surface area contributed by atoms with Crippen molar-refractivity contribution in [2.45, 2.75) is 51.0 Å². The first kappa shape index (κ1) is 21.0. The van der Waals surface area contributed by atoms with Crippen LogP contribution in [0.5, 0.6) is 0 Å². The molecule has 1 aromatic heterocycles. The van der Waals surface area contributed by atoms with Gasteiger partial charge in [0.15, 0.2) is 0 Å². The predicted molar refractivity (Wildman–Crippen MR) is 112 cm³/mol. The van der Waals surface area contributed by atoms with E-state index in [2.05, 4.69) is 28.9 Å². The highest BCUT2D eigenvalue weighted by atomic mass is 32.1. The highest BCUT2D eigenvalue weighted by Gasteiger charge is 2.36. The molecule has 1 fully saturated rings. The first-order valence-electron chi connectivity index (χ1n) is 10.1. The Morgan fingerprint density at radius 1 is 1.32 bits per heavy atom. The number of carboxylic acid groups (broad SMARTS) is 1. The summed E-state index contributed by atoms with van der Waals surface area (Å²) in [5.74, 6) is -0.722. The number of aromatic nitrogens is 1. The normalized spacial score (nSPS) is 18.1. The molecule has 1 atom stereocenters. The van der Waals surface area contributed by atoms with Crippen molar-refractivity contribution >= 4 is 17.3 Å². The molecule has 1 unspecified atom stereocenters. The van der Waals surface area contributed by atoms with Crippen LogP contribution in [0.4, 0.5) is 0 Å². The Labute approximate surface area is 171 Å². The summed E-state index contributed by atoms with van der Waals surface area (Å²) in [6, 6.07) is 8.24. The van der Waals surface area contributed by atoms with E-state index in [9.17, 15) is 15.0 Å². The van der Waals surface area contributed by atoms with Gasteiger partial charge in [0, 0.05) is 31.4 Å². The Hall–Kier alpha value is -1.76. The molecule has 1 aliphatic heterocycles. The number of piperidine rings is 1. The van der Waals surface area contributed by atoms with E-state index in [1.54, 1.807) is 16.8 Å². The van der Waals surface area contributed by atoms with E-state index in [0.29, 0.717) is 19.3 Å². The van der Waals surface area contributed by atoms with Gasteiger partial charge >= 0.3 is 5.97 Å². The molecule has 0 bridgehead atoms. The van der Waals surface area contributed by atoms with Gasteiger partial charge in [-0.1, -0.05) is 37.6 Å². The molecule has 28 heavy (non-hydrogen) atoms. The molecule has 1 saturated heterocycles. The number of thiazole rings is 1. The zero-order valence-corrected chi connectivity index (χ0v) is 17.3. The second kappa shape index (κ2) is 9.63. The molecule has 0 saturated carbocycles. The van der Waals surface area contributed by atoms with Crippen molar-refractivity contribution < 1.29 is 15.0 Å². The van der Waals surface area contributed by atoms with E-state index in [1.165, 1.54) is 5.56 Å². The lowest BCUT2D eigenvalue weighted by Gasteiger charge is -2.40. The van der Waals surface area contributed by atoms with Crippen molar-refractivity contribution in [3.8, 4) is 0 Å². The Bertz CT molecular complexity index is 755. The maximum atomic E-state index is 11.3. The molecule has 152 valence electrons. The SMILES string of the molecule is CCCc1ccccc1C1(O)CCN(CC(CC(=O)O)Cc2cscn2)CC1. The number of rotatable bonds is 9. The summed E-state index contributed by atoms with van der Waals surface area (Å²) in [6.07, 6.45) is 4.26. The van der Waals surface area contributed by atoms with Crippen LogP contribution < -0.4 is 0 Å². The summed E-state index contributed by atoms with van der Waals surface area (Å²) >= 11 is 1.54. The third-order valence-electron chi connectivity index (χ3n) is 5.68. The number of nitrogens with zero attached hydrogens (tertiary/aromatic N) is 2. The highest BCUT2D eigenvalue weighted by Crippen LogP contribution is 2.35. The van der Waals surface area contributed by atoms with Gasteiger partial charge in [0.25, 0.3) is 0 Å². The number of carbonyl (C=O) groups is 1.